The fourth-order valence-corrected chi connectivity index (χ4v) is 6.48. The maximum absolute atomic E-state index is 12.1. The first kappa shape index (κ1) is 55.7. The lowest BCUT2D eigenvalue weighted by Crippen LogP contribution is -2.40. The molecule has 0 aromatic heterocycles. The number of piperidine rings is 1. The quantitative estimate of drug-likeness (QED) is 0.0453. The minimum Gasteiger partial charge on any atom is -0.492 e. The number of para-hydroxylation sites is 1. The molecule has 1 fully saturated rings. The Morgan fingerprint density at radius 2 is 1.06 bits per heavy atom. The normalized spacial score (nSPS) is 13.2. The van der Waals surface area contributed by atoms with Gasteiger partial charge >= 0.3 is 5.97 Å². The molecule has 4 rings (SSSR count). The van der Waals surface area contributed by atoms with Gasteiger partial charge in [-0.2, -0.15) is 0 Å². The topological polar surface area (TPSA) is 134 Å². The lowest BCUT2D eigenvalue weighted by Gasteiger charge is -2.32. The highest BCUT2D eigenvalue weighted by Crippen LogP contribution is 2.22. The molecule has 0 spiro atoms. The molecular formula is C51H80N2O12. The third-order valence-corrected chi connectivity index (χ3v) is 10.2. The number of rotatable bonds is 38. The van der Waals surface area contributed by atoms with Crippen molar-refractivity contribution < 1.29 is 56.9 Å². The SMILES string of the molecule is CC(COc1ccccc1Cc1ccccc1)N1CCCCC1.CCCCNc1ccc(C(=O)OCCOCCOCCOCCOCCOCCOCCOCCOCCOC)cc1. The van der Waals surface area contributed by atoms with Crippen LogP contribution >= 0.6 is 0 Å². The van der Waals surface area contributed by atoms with Gasteiger partial charge in [0.05, 0.1) is 118 Å². The Bertz CT molecular complexity index is 1530. The fraction of sp³-hybridized carbons (Fsp3) is 0.627. The number of likely N-dealkylation sites (tertiary alicyclic amines) is 1. The van der Waals surface area contributed by atoms with E-state index in [2.05, 4.69) is 78.7 Å². The van der Waals surface area contributed by atoms with E-state index in [9.17, 15) is 4.79 Å². The highest BCUT2D eigenvalue weighted by atomic mass is 16.6. The number of esters is 1. The van der Waals surface area contributed by atoms with Crippen molar-refractivity contribution >= 4 is 11.7 Å². The number of nitrogens with zero attached hydrogens (tertiary/aromatic N) is 1. The summed E-state index contributed by atoms with van der Waals surface area (Å²) in [6.45, 7) is 17.2. The molecule has 0 amide bonds. The van der Waals surface area contributed by atoms with Crippen LogP contribution in [0.25, 0.3) is 0 Å². The van der Waals surface area contributed by atoms with Crippen LogP contribution in [-0.2, 0) is 53.8 Å². The molecule has 1 aliphatic heterocycles. The van der Waals surface area contributed by atoms with Crippen molar-refractivity contribution in [3.8, 4) is 5.75 Å². The van der Waals surface area contributed by atoms with Crippen molar-refractivity contribution in [1.82, 2.24) is 4.90 Å². The van der Waals surface area contributed by atoms with Crippen molar-refractivity contribution in [2.75, 3.05) is 158 Å². The number of anilines is 1. The number of hydrogen-bond donors (Lipinski definition) is 1. The second kappa shape index (κ2) is 39.5. The molecule has 1 atom stereocenters. The summed E-state index contributed by atoms with van der Waals surface area (Å²) < 4.78 is 59.7. The zero-order valence-corrected chi connectivity index (χ0v) is 39.7. The van der Waals surface area contributed by atoms with Gasteiger partial charge in [-0.05, 0) is 80.7 Å². The van der Waals surface area contributed by atoms with Gasteiger partial charge in [0, 0.05) is 31.8 Å². The van der Waals surface area contributed by atoms with Crippen molar-refractivity contribution in [1.29, 1.82) is 0 Å². The summed E-state index contributed by atoms with van der Waals surface area (Å²) in [7, 11) is 1.64. The maximum atomic E-state index is 12.1. The van der Waals surface area contributed by atoms with Crippen molar-refractivity contribution in [2.45, 2.75) is 58.4 Å². The summed E-state index contributed by atoms with van der Waals surface area (Å²) in [5, 5.41) is 3.32. The van der Waals surface area contributed by atoms with Gasteiger partial charge < -0.3 is 57.4 Å². The van der Waals surface area contributed by atoms with Crippen LogP contribution in [0.4, 0.5) is 5.69 Å². The summed E-state index contributed by atoms with van der Waals surface area (Å²) in [5.41, 5.74) is 4.11. The van der Waals surface area contributed by atoms with Gasteiger partial charge in [0.2, 0.25) is 0 Å². The molecule has 65 heavy (non-hydrogen) atoms. The molecule has 0 bridgehead atoms. The first-order valence-electron chi connectivity index (χ1n) is 23.7. The molecule has 1 unspecified atom stereocenters. The monoisotopic (exact) mass is 913 g/mol. The molecule has 3 aromatic carbocycles. The standard InChI is InChI=1S/C30H53NO11.C21H27NO/c1-3-4-9-31-29-7-5-28(6-8-29)30(32)42-27-26-41-25-24-40-23-22-39-21-20-38-19-18-37-17-16-36-15-14-35-13-12-34-11-10-33-2;1-18(22-14-8-3-9-15-22)17-23-21-13-7-6-12-20(21)16-19-10-4-2-5-11-19/h5-8,31H,3-4,9-27H2,1-2H3;2,4-7,10-13,18H,3,8-9,14-17H2,1H3. The summed E-state index contributed by atoms with van der Waals surface area (Å²) >= 11 is 0. The second-order valence-corrected chi connectivity index (χ2v) is 15.4. The predicted octanol–water partition coefficient (Wildman–Crippen LogP) is 7.37. The number of benzene rings is 3. The first-order valence-corrected chi connectivity index (χ1v) is 23.7. The number of nitrogens with one attached hydrogen (secondary N) is 1. The smallest absolute Gasteiger partial charge is 0.338 e. The molecule has 366 valence electrons. The predicted molar refractivity (Wildman–Crippen MR) is 255 cm³/mol. The van der Waals surface area contributed by atoms with Gasteiger partial charge in [-0.15, -0.1) is 0 Å². The van der Waals surface area contributed by atoms with Gasteiger partial charge in [0.15, 0.2) is 0 Å². The molecule has 14 heteroatoms. The molecule has 1 heterocycles. The Labute approximate surface area is 389 Å². The van der Waals surface area contributed by atoms with E-state index in [1.165, 1.54) is 43.5 Å². The van der Waals surface area contributed by atoms with Crippen LogP contribution in [0.5, 0.6) is 5.75 Å². The fourth-order valence-electron chi connectivity index (χ4n) is 6.48. The highest BCUT2D eigenvalue weighted by molar-refractivity contribution is 5.89. The number of methoxy groups -OCH3 is 1. The number of ether oxygens (including phenoxy) is 11. The van der Waals surface area contributed by atoms with E-state index in [0.717, 1.165) is 43.9 Å². The van der Waals surface area contributed by atoms with E-state index < -0.39 is 0 Å². The van der Waals surface area contributed by atoms with Gasteiger partial charge in [-0.1, -0.05) is 68.3 Å². The van der Waals surface area contributed by atoms with Gasteiger partial charge in [0.25, 0.3) is 0 Å². The molecular weight excluding hydrogens is 833 g/mol. The van der Waals surface area contributed by atoms with Crippen molar-refractivity contribution in [3.63, 3.8) is 0 Å². The van der Waals surface area contributed by atoms with Crippen LogP contribution in [-0.4, -0.2) is 169 Å². The van der Waals surface area contributed by atoms with Crippen LogP contribution in [0.15, 0.2) is 78.9 Å². The lowest BCUT2D eigenvalue weighted by atomic mass is 10.0. The summed E-state index contributed by atoms with van der Waals surface area (Å²) in [6, 6.07) is 26.8. The molecule has 0 radical (unpaired) electrons. The summed E-state index contributed by atoms with van der Waals surface area (Å²) in [4.78, 5) is 14.7. The van der Waals surface area contributed by atoms with Gasteiger partial charge in [-0.25, -0.2) is 4.79 Å². The van der Waals surface area contributed by atoms with Gasteiger partial charge in [0.1, 0.15) is 19.0 Å². The maximum Gasteiger partial charge on any atom is 0.338 e. The molecule has 3 aromatic rings. The van der Waals surface area contributed by atoms with Gasteiger partial charge in [-0.3, -0.25) is 4.90 Å². The number of carbonyl (C=O) groups is 1. The Morgan fingerprint density at radius 1 is 0.585 bits per heavy atom. The average molecular weight is 913 g/mol. The number of carbonyl (C=O) groups excluding carboxylic acids is 1. The molecule has 0 aliphatic carbocycles. The molecule has 1 N–H and O–H groups in total. The van der Waals surface area contributed by atoms with Crippen molar-refractivity contribution in [2.24, 2.45) is 0 Å². The molecule has 1 saturated heterocycles. The van der Waals surface area contributed by atoms with Crippen LogP contribution in [0.3, 0.4) is 0 Å². The number of hydrogen-bond acceptors (Lipinski definition) is 14. The van der Waals surface area contributed by atoms with E-state index in [1.807, 2.05) is 12.1 Å². The Hall–Kier alpha value is -3.67. The number of unbranched alkanes of at least 4 members (excludes halogenated alkanes) is 1. The Morgan fingerprint density at radius 3 is 1.57 bits per heavy atom. The minimum absolute atomic E-state index is 0.194. The summed E-state index contributed by atoms with van der Waals surface area (Å²) in [6.07, 6.45) is 7.21. The zero-order chi connectivity index (χ0) is 46.1. The second-order valence-electron chi connectivity index (χ2n) is 15.4. The molecule has 1 aliphatic rings. The molecule has 14 nitrogen and oxygen atoms in total. The Balaban J connectivity index is 0.000000406. The minimum atomic E-state index is -0.358. The highest BCUT2D eigenvalue weighted by Gasteiger charge is 2.17. The van der Waals surface area contributed by atoms with E-state index in [4.69, 9.17) is 52.1 Å². The van der Waals surface area contributed by atoms with E-state index in [0.29, 0.717) is 124 Å². The van der Waals surface area contributed by atoms with Crippen LogP contribution in [0, 0.1) is 0 Å². The third-order valence-electron chi connectivity index (χ3n) is 10.2. The third kappa shape index (κ3) is 28.9. The lowest BCUT2D eigenvalue weighted by molar-refractivity contribution is -0.0253. The van der Waals surface area contributed by atoms with E-state index >= 15 is 0 Å². The van der Waals surface area contributed by atoms with E-state index in [-0.39, 0.29) is 12.6 Å². The van der Waals surface area contributed by atoms with Crippen molar-refractivity contribution in [3.05, 3.63) is 95.6 Å². The molecule has 0 saturated carbocycles. The van der Waals surface area contributed by atoms with Crippen LogP contribution in [0.1, 0.15) is 67.4 Å². The first-order chi connectivity index (χ1) is 32.1. The largest absolute Gasteiger partial charge is 0.492 e. The summed E-state index contributed by atoms with van der Waals surface area (Å²) in [5.74, 6) is 0.670. The average Bonchev–Trinajstić information content (AvgIpc) is 3.34. The Kier molecular flexibility index (Phi) is 33.8. The van der Waals surface area contributed by atoms with Crippen LogP contribution < -0.4 is 10.1 Å². The zero-order valence-electron chi connectivity index (χ0n) is 39.7. The van der Waals surface area contributed by atoms with Crippen LogP contribution in [0.2, 0.25) is 0 Å². The van der Waals surface area contributed by atoms with E-state index in [1.54, 1.807) is 19.2 Å².